The summed E-state index contributed by atoms with van der Waals surface area (Å²) in [6.07, 6.45) is 0.744. The molecule has 1 saturated heterocycles. The lowest BCUT2D eigenvalue weighted by atomic mass is 10.0. The van der Waals surface area contributed by atoms with Gasteiger partial charge in [-0.1, -0.05) is 6.92 Å². The highest BCUT2D eigenvalue weighted by Gasteiger charge is 2.21. The van der Waals surface area contributed by atoms with E-state index in [0.717, 1.165) is 18.2 Å². The molecule has 1 heterocycles. The molecule has 1 fully saturated rings. The second-order valence-electron chi connectivity index (χ2n) is 5.12. The first-order valence-corrected chi connectivity index (χ1v) is 7.15. The summed E-state index contributed by atoms with van der Waals surface area (Å²) in [5, 5.41) is 5.94. The molecule has 124 valence electrons. The maximum atomic E-state index is 13.8. The molecule has 2 atom stereocenters. The van der Waals surface area contributed by atoms with Crippen molar-refractivity contribution in [3.8, 4) is 0 Å². The maximum Gasteiger partial charge on any atom is 0.222 e. The highest BCUT2D eigenvalue weighted by Crippen LogP contribution is 2.21. The van der Waals surface area contributed by atoms with Gasteiger partial charge in [0.2, 0.25) is 5.91 Å². The monoisotopic (exact) mass is 334 g/mol. The Morgan fingerprint density at radius 1 is 1.50 bits per heavy atom. The first kappa shape index (κ1) is 18.8. The van der Waals surface area contributed by atoms with Gasteiger partial charge in [0.1, 0.15) is 11.6 Å². The minimum absolute atomic E-state index is 0. The molecule has 1 amide bonds. The molecule has 2 N–H and O–H groups in total. The van der Waals surface area contributed by atoms with E-state index in [0.29, 0.717) is 26.2 Å². The van der Waals surface area contributed by atoms with Crippen molar-refractivity contribution in [2.45, 2.75) is 31.8 Å². The lowest BCUT2D eigenvalue weighted by Crippen LogP contribution is -2.44. The SMILES string of the molecule is CCC(NC(=O)CC1COCCN1)c1cc(F)ccc1F.Cl. The van der Waals surface area contributed by atoms with Crippen LogP contribution in [-0.2, 0) is 9.53 Å². The quantitative estimate of drug-likeness (QED) is 0.869. The summed E-state index contributed by atoms with van der Waals surface area (Å²) in [5.74, 6) is -1.22. The summed E-state index contributed by atoms with van der Waals surface area (Å²) < 4.78 is 32.3. The predicted octanol–water partition coefficient (Wildman–Crippen LogP) is 2.33. The molecule has 1 aromatic rings. The number of carbonyl (C=O) groups excluding carboxylic acids is 1. The first-order chi connectivity index (χ1) is 10.1. The molecule has 1 aliphatic rings. The summed E-state index contributed by atoms with van der Waals surface area (Å²) in [4.78, 5) is 12.0. The van der Waals surface area contributed by atoms with Crippen molar-refractivity contribution in [3.05, 3.63) is 35.4 Å². The Bertz CT molecular complexity index is 496. The van der Waals surface area contributed by atoms with Gasteiger partial charge in [0.15, 0.2) is 0 Å². The minimum atomic E-state index is -0.530. The summed E-state index contributed by atoms with van der Waals surface area (Å²) >= 11 is 0. The fourth-order valence-electron chi connectivity index (χ4n) is 2.41. The van der Waals surface area contributed by atoms with Crippen molar-refractivity contribution >= 4 is 18.3 Å². The van der Waals surface area contributed by atoms with E-state index in [2.05, 4.69) is 10.6 Å². The number of hydrogen-bond acceptors (Lipinski definition) is 3. The van der Waals surface area contributed by atoms with E-state index in [4.69, 9.17) is 4.74 Å². The van der Waals surface area contributed by atoms with Gasteiger partial charge in [0.25, 0.3) is 0 Å². The molecule has 2 rings (SSSR count). The van der Waals surface area contributed by atoms with Crippen molar-refractivity contribution in [1.82, 2.24) is 10.6 Å². The molecule has 0 saturated carbocycles. The van der Waals surface area contributed by atoms with Crippen LogP contribution in [0.25, 0.3) is 0 Å². The molecule has 0 spiro atoms. The molecule has 4 nitrogen and oxygen atoms in total. The van der Waals surface area contributed by atoms with Crippen LogP contribution >= 0.6 is 12.4 Å². The topological polar surface area (TPSA) is 50.4 Å². The molecule has 0 bridgehead atoms. The highest BCUT2D eigenvalue weighted by molar-refractivity contribution is 5.85. The average molecular weight is 335 g/mol. The van der Waals surface area contributed by atoms with Gasteiger partial charge in [-0.05, 0) is 24.6 Å². The summed E-state index contributed by atoms with van der Waals surface area (Å²) in [7, 11) is 0. The standard InChI is InChI=1S/C15H20F2N2O2.ClH/c1-2-14(12-7-10(16)3-4-13(12)17)19-15(20)8-11-9-21-6-5-18-11;/h3-4,7,11,14,18H,2,5-6,8-9H2,1H3,(H,19,20);1H. The van der Waals surface area contributed by atoms with E-state index in [-0.39, 0.29) is 36.3 Å². The Morgan fingerprint density at radius 3 is 2.91 bits per heavy atom. The molecular formula is C15H21ClF2N2O2. The van der Waals surface area contributed by atoms with Crippen LogP contribution in [0.1, 0.15) is 31.4 Å². The highest BCUT2D eigenvalue weighted by atomic mass is 35.5. The Hall–Kier alpha value is -1.24. The molecule has 1 aromatic carbocycles. The second kappa shape index (κ2) is 9.02. The molecule has 7 heteroatoms. The summed E-state index contributed by atoms with van der Waals surface area (Å²) in [6, 6.07) is 2.71. The average Bonchev–Trinajstić information content (AvgIpc) is 2.48. The number of amides is 1. The zero-order valence-electron chi connectivity index (χ0n) is 12.4. The van der Waals surface area contributed by atoms with Crippen molar-refractivity contribution < 1.29 is 18.3 Å². The molecule has 0 radical (unpaired) electrons. The van der Waals surface area contributed by atoms with Gasteiger partial charge in [-0.3, -0.25) is 4.79 Å². The van der Waals surface area contributed by atoms with Crippen LogP contribution < -0.4 is 10.6 Å². The minimum Gasteiger partial charge on any atom is -0.378 e. The Kier molecular flexibility index (Phi) is 7.72. The normalized spacial score (nSPS) is 19.1. The van der Waals surface area contributed by atoms with Crippen LogP contribution in [0.2, 0.25) is 0 Å². The molecule has 0 aliphatic carbocycles. The Morgan fingerprint density at radius 2 is 2.27 bits per heavy atom. The fraction of sp³-hybridized carbons (Fsp3) is 0.533. The number of nitrogens with one attached hydrogen (secondary N) is 2. The van der Waals surface area contributed by atoms with Crippen molar-refractivity contribution in [3.63, 3.8) is 0 Å². The molecule has 0 aromatic heterocycles. The lowest BCUT2D eigenvalue weighted by molar-refractivity contribution is -0.123. The third-order valence-electron chi connectivity index (χ3n) is 3.51. The fourth-order valence-corrected chi connectivity index (χ4v) is 2.41. The molecule has 2 unspecified atom stereocenters. The van der Waals surface area contributed by atoms with Crippen LogP contribution in [-0.4, -0.2) is 31.7 Å². The number of rotatable bonds is 5. The van der Waals surface area contributed by atoms with E-state index < -0.39 is 17.7 Å². The molecule has 1 aliphatic heterocycles. The number of halogens is 3. The summed E-state index contributed by atoms with van der Waals surface area (Å²) in [6.45, 7) is 3.66. The number of carbonyl (C=O) groups is 1. The van der Waals surface area contributed by atoms with Crippen LogP contribution in [0.5, 0.6) is 0 Å². The largest absolute Gasteiger partial charge is 0.378 e. The molecule has 22 heavy (non-hydrogen) atoms. The van der Waals surface area contributed by atoms with Gasteiger partial charge in [-0.2, -0.15) is 0 Å². The predicted molar refractivity (Wildman–Crippen MR) is 82.0 cm³/mol. The number of hydrogen-bond donors (Lipinski definition) is 2. The van der Waals surface area contributed by atoms with Crippen LogP contribution in [0.4, 0.5) is 8.78 Å². The van der Waals surface area contributed by atoms with E-state index >= 15 is 0 Å². The van der Waals surface area contributed by atoms with Gasteiger partial charge in [0, 0.05) is 24.6 Å². The molecular weight excluding hydrogens is 314 g/mol. The van der Waals surface area contributed by atoms with E-state index in [1.54, 1.807) is 0 Å². The third kappa shape index (κ3) is 5.19. The van der Waals surface area contributed by atoms with Crippen LogP contribution in [0, 0.1) is 11.6 Å². The lowest BCUT2D eigenvalue weighted by Gasteiger charge is -2.25. The van der Waals surface area contributed by atoms with Crippen molar-refractivity contribution in [2.24, 2.45) is 0 Å². The number of ether oxygens (including phenoxy) is 1. The van der Waals surface area contributed by atoms with Gasteiger partial charge in [0.05, 0.1) is 19.3 Å². The maximum absolute atomic E-state index is 13.8. The first-order valence-electron chi connectivity index (χ1n) is 7.15. The Labute approximate surface area is 135 Å². The zero-order valence-corrected chi connectivity index (χ0v) is 13.2. The van der Waals surface area contributed by atoms with Gasteiger partial charge < -0.3 is 15.4 Å². The Balaban J connectivity index is 0.00000242. The van der Waals surface area contributed by atoms with Gasteiger partial charge in [-0.25, -0.2) is 8.78 Å². The number of benzene rings is 1. The summed E-state index contributed by atoms with van der Waals surface area (Å²) in [5.41, 5.74) is 0.179. The number of morpholine rings is 1. The van der Waals surface area contributed by atoms with Crippen LogP contribution in [0.15, 0.2) is 18.2 Å². The van der Waals surface area contributed by atoms with E-state index in [1.807, 2.05) is 6.92 Å². The van der Waals surface area contributed by atoms with E-state index in [9.17, 15) is 13.6 Å². The smallest absolute Gasteiger partial charge is 0.222 e. The van der Waals surface area contributed by atoms with Crippen molar-refractivity contribution in [1.29, 1.82) is 0 Å². The van der Waals surface area contributed by atoms with Crippen LogP contribution in [0.3, 0.4) is 0 Å². The van der Waals surface area contributed by atoms with Crippen molar-refractivity contribution in [2.75, 3.05) is 19.8 Å². The van der Waals surface area contributed by atoms with Gasteiger partial charge in [-0.15, -0.1) is 12.4 Å². The van der Waals surface area contributed by atoms with Gasteiger partial charge >= 0.3 is 0 Å². The van der Waals surface area contributed by atoms with E-state index in [1.165, 1.54) is 0 Å². The second-order valence-corrected chi connectivity index (χ2v) is 5.12. The zero-order chi connectivity index (χ0) is 15.2. The third-order valence-corrected chi connectivity index (χ3v) is 3.51.